The molecule has 7 heteroatoms. The Kier molecular flexibility index (Phi) is 5.18. The van der Waals surface area contributed by atoms with Crippen molar-refractivity contribution in [2.24, 2.45) is 0 Å². The molecule has 4 heterocycles. The molecule has 0 amide bonds. The number of nitrogens with zero attached hydrogens (tertiary/aromatic N) is 3. The lowest BCUT2D eigenvalue weighted by atomic mass is 10.0. The molecule has 1 fully saturated rings. The predicted octanol–water partition coefficient (Wildman–Crippen LogP) is 5.05. The van der Waals surface area contributed by atoms with E-state index in [4.69, 9.17) is 16.6 Å². The molecule has 1 aliphatic heterocycles. The summed E-state index contributed by atoms with van der Waals surface area (Å²) in [6, 6.07) is 19.5. The minimum absolute atomic E-state index is 0.169. The molecule has 0 saturated carbocycles. The van der Waals surface area contributed by atoms with Crippen LogP contribution in [0.2, 0.25) is 0 Å². The van der Waals surface area contributed by atoms with Gasteiger partial charge in [-0.1, -0.05) is 12.1 Å². The molecule has 4 aromatic rings. The number of furan rings is 1. The monoisotopic (exact) mass is 430 g/mol. The summed E-state index contributed by atoms with van der Waals surface area (Å²) in [5.41, 5.74) is 2.74. The Morgan fingerprint density at radius 3 is 2.61 bits per heavy atom. The molecule has 1 saturated heterocycles. The fraction of sp³-hybridized carbons (Fsp3) is 0.125. The van der Waals surface area contributed by atoms with Crippen molar-refractivity contribution in [3.8, 4) is 11.3 Å². The first kappa shape index (κ1) is 19.4. The zero-order valence-corrected chi connectivity index (χ0v) is 17.3. The fourth-order valence-corrected chi connectivity index (χ4v) is 4.16. The van der Waals surface area contributed by atoms with E-state index in [9.17, 15) is 4.39 Å². The molecule has 0 bridgehead atoms. The van der Waals surface area contributed by atoms with Gasteiger partial charge in [0.05, 0.1) is 11.7 Å². The van der Waals surface area contributed by atoms with Gasteiger partial charge in [-0.15, -0.1) is 0 Å². The first-order valence-corrected chi connectivity index (χ1v) is 10.3. The lowest BCUT2D eigenvalue weighted by Gasteiger charge is -2.26. The second kappa shape index (κ2) is 8.28. The highest BCUT2D eigenvalue weighted by Crippen LogP contribution is 2.41. The van der Waals surface area contributed by atoms with Gasteiger partial charge in [-0.25, -0.2) is 4.39 Å². The molecule has 5 rings (SSSR count). The molecule has 0 unspecified atom stereocenters. The number of aromatic nitrogens is 2. The third-order valence-electron chi connectivity index (χ3n) is 5.32. The minimum Gasteiger partial charge on any atom is -0.459 e. The number of benzene rings is 1. The quantitative estimate of drug-likeness (QED) is 0.447. The summed E-state index contributed by atoms with van der Waals surface area (Å²) in [7, 11) is 0. The number of pyridine rings is 2. The van der Waals surface area contributed by atoms with Gasteiger partial charge in [0.1, 0.15) is 23.4 Å². The van der Waals surface area contributed by atoms with Crippen molar-refractivity contribution in [2.75, 3.05) is 0 Å². The van der Waals surface area contributed by atoms with E-state index in [1.54, 1.807) is 24.5 Å². The van der Waals surface area contributed by atoms with E-state index in [1.807, 2.05) is 48.7 Å². The lowest BCUT2D eigenvalue weighted by Crippen LogP contribution is -2.29. The number of hydrogen-bond acceptors (Lipinski definition) is 4. The van der Waals surface area contributed by atoms with Crippen LogP contribution in [0.1, 0.15) is 29.1 Å². The van der Waals surface area contributed by atoms with Gasteiger partial charge in [-0.05, 0) is 72.4 Å². The second-order valence-corrected chi connectivity index (χ2v) is 7.71. The molecular formula is C24H19FN4OS. The molecule has 0 radical (unpaired) electrons. The summed E-state index contributed by atoms with van der Waals surface area (Å²) >= 11 is 5.69. The Hall–Kier alpha value is -3.58. The van der Waals surface area contributed by atoms with Gasteiger partial charge in [0.25, 0.3) is 0 Å². The summed E-state index contributed by atoms with van der Waals surface area (Å²) in [4.78, 5) is 10.9. The zero-order valence-electron chi connectivity index (χ0n) is 16.5. The molecule has 0 aliphatic carbocycles. The molecular weight excluding hydrogens is 411 g/mol. The first-order valence-electron chi connectivity index (χ1n) is 9.92. The van der Waals surface area contributed by atoms with Crippen LogP contribution in [0.15, 0.2) is 89.7 Å². The van der Waals surface area contributed by atoms with Crippen molar-refractivity contribution in [1.29, 1.82) is 0 Å². The van der Waals surface area contributed by atoms with Crippen LogP contribution < -0.4 is 5.32 Å². The van der Waals surface area contributed by atoms with E-state index < -0.39 is 0 Å². The maximum Gasteiger partial charge on any atom is 0.170 e. The lowest BCUT2D eigenvalue weighted by molar-refractivity contribution is 0.269. The van der Waals surface area contributed by atoms with Crippen molar-refractivity contribution in [2.45, 2.75) is 18.6 Å². The van der Waals surface area contributed by atoms with Crippen molar-refractivity contribution in [3.05, 3.63) is 108 Å². The van der Waals surface area contributed by atoms with Crippen LogP contribution in [0.25, 0.3) is 11.3 Å². The van der Waals surface area contributed by atoms with Crippen LogP contribution in [0, 0.1) is 5.82 Å². The largest absolute Gasteiger partial charge is 0.459 e. The summed E-state index contributed by atoms with van der Waals surface area (Å²) in [6.45, 7) is 0.584. The molecule has 1 aliphatic rings. The Balaban J connectivity index is 1.53. The molecule has 1 N–H and O–H groups in total. The topological polar surface area (TPSA) is 54.2 Å². The normalized spacial score (nSPS) is 18.2. The van der Waals surface area contributed by atoms with Crippen molar-refractivity contribution in [3.63, 3.8) is 0 Å². The Labute approximate surface area is 184 Å². The summed E-state index contributed by atoms with van der Waals surface area (Å²) < 4.78 is 19.6. The fourth-order valence-electron chi connectivity index (χ4n) is 3.85. The standard InChI is InChI=1S/C24H19FN4OS/c25-18-8-6-17(7-9-18)20-10-11-21(30-20)23-22(19-5-1-2-13-27-19)28-24(31)29(23)15-16-4-3-12-26-14-16/h1-14,22-23H,15H2,(H,28,31)/t22-,23+/m1/s1. The van der Waals surface area contributed by atoms with Crippen molar-refractivity contribution in [1.82, 2.24) is 20.2 Å². The Morgan fingerprint density at radius 2 is 1.87 bits per heavy atom. The smallest absolute Gasteiger partial charge is 0.170 e. The molecule has 3 aromatic heterocycles. The SMILES string of the molecule is Fc1ccc(-c2ccc([C@H]3[C@@H](c4ccccn4)NC(=S)N3Cc3cccnc3)o2)cc1. The van der Waals surface area contributed by atoms with E-state index in [0.29, 0.717) is 17.4 Å². The maximum absolute atomic E-state index is 13.3. The average Bonchev–Trinajstić information content (AvgIpc) is 3.41. The van der Waals surface area contributed by atoms with Crippen molar-refractivity contribution < 1.29 is 8.81 Å². The van der Waals surface area contributed by atoms with E-state index in [-0.39, 0.29) is 17.9 Å². The van der Waals surface area contributed by atoms with Crippen LogP contribution in [-0.2, 0) is 6.54 Å². The van der Waals surface area contributed by atoms with Crippen LogP contribution in [0.5, 0.6) is 0 Å². The molecule has 0 spiro atoms. The van der Waals surface area contributed by atoms with Gasteiger partial charge in [0.2, 0.25) is 0 Å². The van der Waals surface area contributed by atoms with Gasteiger partial charge in [0, 0.05) is 30.7 Å². The number of halogens is 1. The highest BCUT2D eigenvalue weighted by molar-refractivity contribution is 7.80. The van der Waals surface area contributed by atoms with Crippen LogP contribution in [0.4, 0.5) is 4.39 Å². The molecule has 5 nitrogen and oxygen atoms in total. The third-order valence-corrected chi connectivity index (χ3v) is 5.67. The number of thiocarbonyl (C=S) groups is 1. The average molecular weight is 431 g/mol. The Morgan fingerprint density at radius 1 is 1.00 bits per heavy atom. The molecule has 2 atom stereocenters. The summed E-state index contributed by atoms with van der Waals surface area (Å²) in [6.07, 6.45) is 5.35. The van der Waals surface area contributed by atoms with E-state index in [2.05, 4.69) is 20.2 Å². The van der Waals surface area contributed by atoms with E-state index in [1.165, 1.54) is 12.1 Å². The Bertz CT molecular complexity index is 1180. The number of rotatable bonds is 5. The first-order chi connectivity index (χ1) is 15.2. The van der Waals surface area contributed by atoms with Gasteiger partial charge in [-0.2, -0.15) is 0 Å². The van der Waals surface area contributed by atoms with Crippen molar-refractivity contribution >= 4 is 17.3 Å². The van der Waals surface area contributed by atoms with Gasteiger partial charge in [-0.3, -0.25) is 9.97 Å². The predicted molar refractivity (Wildman–Crippen MR) is 119 cm³/mol. The van der Waals surface area contributed by atoms with Crippen LogP contribution in [-0.4, -0.2) is 20.0 Å². The molecule has 31 heavy (non-hydrogen) atoms. The number of nitrogens with one attached hydrogen (secondary N) is 1. The van der Waals surface area contributed by atoms with E-state index in [0.717, 1.165) is 22.6 Å². The molecule has 154 valence electrons. The third kappa shape index (κ3) is 3.92. The summed E-state index contributed by atoms with van der Waals surface area (Å²) in [5, 5.41) is 4.04. The molecule has 1 aromatic carbocycles. The maximum atomic E-state index is 13.3. The van der Waals surface area contributed by atoms with Gasteiger partial charge in [0.15, 0.2) is 5.11 Å². The highest BCUT2D eigenvalue weighted by atomic mass is 32.1. The number of hydrogen-bond donors (Lipinski definition) is 1. The van der Waals surface area contributed by atoms with E-state index >= 15 is 0 Å². The second-order valence-electron chi connectivity index (χ2n) is 7.32. The summed E-state index contributed by atoms with van der Waals surface area (Å²) in [5.74, 6) is 1.15. The zero-order chi connectivity index (χ0) is 21.2. The van der Waals surface area contributed by atoms with Crippen LogP contribution in [0.3, 0.4) is 0 Å². The van der Waals surface area contributed by atoms with Crippen LogP contribution >= 0.6 is 12.2 Å². The minimum atomic E-state index is -0.279. The highest BCUT2D eigenvalue weighted by Gasteiger charge is 2.41. The van der Waals surface area contributed by atoms with Gasteiger partial charge < -0.3 is 14.6 Å². The van der Waals surface area contributed by atoms with Gasteiger partial charge >= 0.3 is 0 Å².